The summed E-state index contributed by atoms with van der Waals surface area (Å²) < 4.78 is 18.2. The van der Waals surface area contributed by atoms with Crippen molar-refractivity contribution in [1.29, 1.82) is 0 Å². The molecule has 1 atom stereocenters. The molecule has 2 N–H and O–H groups in total. The van der Waals surface area contributed by atoms with E-state index in [-0.39, 0.29) is 25.0 Å². The minimum Gasteiger partial charge on any atom is -0.391 e. The second kappa shape index (κ2) is 14.8. The molecule has 1 saturated heterocycles. The van der Waals surface area contributed by atoms with Gasteiger partial charge in [0.2, 0.25) is 12.3 Å². The third-order valence-electron chi connectivity index (χ3n) is 4.61. The van der Waals surface area contributed by atoms with Gasteiger partial charge in [-0.2, -0.15) is 0 Å². The van der Waals surface area contributed by atoms with Gasteiger partial charge < -0.3 is 19.8 Å². The molecule has 1 unspecified atom stereocenters. The molecule has 0 radical (unpaired) electrons. The largest absolute Gasteiger partial charge is 0.391 e. The van der Waals surface area contributed by atoms with Gasteiger partial charge in [-0.05, 0) is 24.5 Å². The molecule has 2 aromatic rings. The maximum atomic E-state index is 13.1. The number of carbonyl (C=O) groups excluding carboxylic acids is 2. The van der Waals surface area contributed by atoms with Crippen molar-refractivity contribution in [1.82, 2.24) is 15.4 Å². The van der Waals surface area contributed by atoms with Crippen molar-refractivity contribution in [2.45, 2.75) is 65.5 Å². The number of carbonyl (C=O) groups is 2. The van der Waals surface area contributed by atoms with Crippen molar-refractivity contribution in [3.8, 4) is 12.3 Å². The second-order valence-electron chi connectivity index (χ2n) is 7.99. The van der Waals surface area contributed by atoms with Gasteiger partial charge in [0.05, 0.1) is 18.2 Å². The molecule has 2 heterocycles. The lowest BCUT2D eigenvalue weighted by atomic mass is 10.1. The summed E-state index contributed by atoms with van der Waals surface area (Å²) in [5.74, 6) is 2.82. The zero-order valence-corrected chi connectivity index (χ0v) is 19.8. The lowest BCUT2D eigenvalue weighted by Gasteiger charge is -2.13. The second-order valence-corrected chi connectivity index (χ2v) is 7.99. The maximum absolute atomic E-state index is 13.1. The van der Waals surface area contributed by atoms with E-state index in [1.54, 1.807) is 17.0 Å². The number of aliphatic hydroxyl groups is 1. The Hall–Kier alpha value is -3.18. The number of hydrogen-bond acceptors (Lipinski definition) is 5. The SMILES string of the molecule is C#Cc1ccc(CNC=O)c(F)c1.CC(C)c1cc(CC(=O)N2CCC(O)C2)on1.CCC. The van der Waals surface area contributed by atoms with E-state index in [1.165, 1.54) is 12.5 Å². The quantitative estimate of drug-likeness (QED) is 0.510. The average molecular weight is 460 g/mol. The Morgan fingerprint density at radius 2 is 2.12 bits per heavy atom. The number of likely N-dealkylation sites (tertiary alicyclic amines) is 1. The van der Waals surface area contributed by atoms with Gasteiger partial charge in [-0.25, -0.2) is 4.39 Å². The number of terminal acetylenes is 1. The Labute approximate surface area is 195 Å². The fourth-order valence-electron chi connectivity index (χ4n) is 2.85. The summed E-state index contributed by atoms with van der Waals surface area (Å²) in [5, 5.41) is 15.6. The zero-order valence-electron chi connectivity index (χ0n) is 19.8. The number of benzene rings is 1. The minimum absolute atomic E-state index is 0.00648. The molecule has 0 bridgehead atoms. The van der Waals surface area contributed by atoms with Gasteiger partial charge in [0.25, 0.3) is 0 Å². The molecule has 3 rings (SSSR count). The predicted molar refractivity (Wildman–Crippen MR) is 125 cm³/mol. The number of nitrogens with one attached hydrogen (secondary N) is 1. The zero-order chi connectivity index (χ0) is 24.8. The molecule has 1 fully saturated rings. The molecule has 0 spiro atoms. The first-order valence-corrected chi connectivity index (χ1v) is 11.1. The maximum Gasteiger partial charge on any atom is 0.230 e. The van der Waals surface area contributed by atoms with Gasteiger partial charge in [0, 0.05) is 36.8 Å². The van der Waals surface area contributed by atoms with Gasteiger partial charge in [0.1, 0.15) is 11.6 Å². The van der Waals surface area contributed by atoms with Crippen molar-refractivity contribution in [2.24, 2.45) is 0 Å². The molecule has 0 saturated carbocycles. The van der Waals surface area contributed by atoms with Crippen molar-refractivity contribution >= 4 is 12.3 Å². The van der Waals surface area contributed by atoms with Crippen LogP contribution in [0.2, 0.25) is 0 Å². The summed E-state index contributed by atoms with van der Waals surface area (Å²) in [4.78, 5) is 23.5. The molecule has 1 aliphatic heterocycles. The van der Waals surface area contributed by atoms with Crippen LogP contribution < -0.4 is 5.32 Å². The van der Waals surface area contributed by atoms with Crippen molar-refractivity contribution in [3.63, 3.8) is 0 Å². The number of β-amino-alcohol motifs (C(OH)–C–C–N with tert-alkyl or cyclic N) is 1. The fourth-order valence-corrected chi connectivity index (χ4v) is 2.85. The van der Waals surface area contributed by atoms with E-state index in [0.29, 0.717) is 48.7 Å². The Morgan fingerprint density at radius 3 is 2.61 bits per heavy atom. The van der Waals surface area contributed by atoms with Crippen LogP contribution in [0.3, 0.4) is 0 Å². The van der Waals surface area contributed by atoms with Crippen LogP contribution in [0.1, 0.15) is 69.0 Å². The van der Waals surface area contributed by atoms with Gasteiger partial charge in [0.15, 0.2) is 0 Å². The highest BCUT2D eigenvalue weighted by atomic mass is 19.1. The first-order chi connectivity index (χ1) is 15.7. The van der Waals surface area contributed by atoms with E-state index < -0.39 is 5.82 Å². The van der Waals surface area contributed by atoms with E-state index in [9.17, 15) is 19.1 Å². The first-order valence-electron chi connectivity index (χ1n) is 11.1. The highest BCUT2D eigenvalue weighted by Crippen LogP contribution is 2.16. The van der Waals surface area contributed by atoms with Crippen LogP contribution in [0.25, 0.3) is 0 Å². The van der Waals surface area contributed by atoms with Crippen LogP contribution in [-0.2, 0) is 22.6 Å². The van der Waals surface area contributed by atoms with Crippen molar-refractivity contribution in [2.75, 3.05) is 13.1 Å². The van der Waals surface area contributed by atoms with Crippen LogP contribution >= 0.6 is 0 Å². The fraction of sp³-hybridized carbons (Fsp3) is 0.480. The predicted octanol–water partition coefficient (Wildman–Crippen LogP) is 3.40. The number of hydrogen-bond donors (Lipinski definition) is 2. The monoisotopic (exact) mass is 459 g/mol. The van der Waals surface area contributed by atoms with Crippen molar-refractivity contribution in [3.05, 3.63) is 52.7 Å². The molecule has 8 heteroatoms. The van der Waals surface area contributed by atoms with E-state index in [4.69, 9.17) is 10.9 Å². The summed E-state index contributed by atoms with van der Waals surface area (Å²) in [6.07, 6.45) is 7.37. The Balaban J connectivity index is 0.000000304. The Morgan fingerprint density at radius 1 is 1.42 bits per heavy atom. The Bertz CT molecular complexity index is 921. The van der Waals surface area contributed by atoms with E-state index in [0.717, 1.165) is 5.69 Å². The van der Waals surface area contributed by atoms with E-state index in [1.807, 2.05) is 19.9 Å². The van der Waals surface area contributed by atoms with Crippen LogP contribution in [0.4, 0.5) is 4.39 Å². The molecular formula is C25H34FN3O4. The lowest BCUT2D eigenvalue weighted by molar-refractivity contribution is -0.130. The topological polar surface area (TPSA) is 95.7 Å². The van der Waals surface area contributed by atoms with Crippen molar-refractivity contribution < 1.29 is 23.6 Å². The molecule has 1 aromatic heterocycles. The van der Waals surface area contributed by atoms with Crippen LogP contribution in [0.5, 0.6) is 0 Å². The van der Waals surface area contributed by atoms with E-state index >= 15 is 0 Å². The molecule has 2 amide bonds. The summed E-state index contributed by atoms with van der Waals surface area (Å²) in [6.45, 7) is 9.55. The summed E-state index contributed by atoms with van der Waals surface area (Å²) in [5.41, 5.74) is 1.78. The summed E-state index contributed by atoms with van der Waals surface area (Å²) >= 11 is 0. The van der Waals surface area contributed by atoms with Gasteiger partial charge in [-0.1, -0.05) is 51.3 Å². The molecular weight excluding hydrogens is 425 g/mol. The average Bonchev–Trinajstić information content (AvgIpc) is 3.43. The number of aromatic nitrogens is 1. The molecule has 180 valence electrons. The lowest BCUT2D eigenvalue weighted by Crippen LogP contribution is -2.30. The minimum atomic E-state index is -0.398. The summed E-state index contributed by atoms with van der Waals surface area (Å²) in [7, 11) is 0. The van der Waals surface area contributed by atoms with Crippen LogP contribution in [0.15, 0.2) is 28.8 Å². The van der Waals surface area contributed by atoms with Gasteiger partial charge in [-0.15, -0.1) is 6.42 Å². The molecule has 0 aliphatic carbocycles. The van der Waals surface area contributed by atoms with Crippen LogP contribution in [0, 0.1) is 18.2 Å². The number of amides is 2. The van der Waals surface area contributed by atoms with Gasteiger partial charge >= 0.3 is 0 Å². The highest BCUT2D eigenvalue weighted by molar-refractivity contribution is 5.78. The molecule has 33 heavy (non-hydrogen) atoms. The molecule has 7 nitrogen and oxygen atoms in total. The number of aliphatic hydroxyl groups excluding tert-OH is 1. The third kappa shape index (κ3) is 9.87. The van der Waals surface area contributed by atoms with E-state index in [2.05, 4.69) is 30.2 Å². The molecule has 1 aliphatic rings. The number of rotatable bonds is 6. The smallest absolute Gasteiger partial charge is 0.230 e. The van der Waals surface area contributed by atoms with Crippen LogP contribution in [-0.4, -0.2) is 46.7 Å². The Kier molecular flexibility index (Phi) is 12.5. The number of nitrogens with zero attached hydrogens (tertiary/aromatic N) is 2. The third-order valence-corrected chi connectivity index (χ3v) is 4.61. The number of halogens is 1. The first kappa shape index (κ1) is 27.9. The highest BCUT2D eigenvalue weighted by Gasteiger charge is 2.25. The standard InChI is InChI=1S/C12H18N2O3.C10H8FNO.C3H8/c1-8(2)11-5-10(17-13-11)6-12(16)14-4-3-9(15)7-14;1-2-8-3-4-9(6-12-7-13)10(11)5-8;1-3-2/h5,8-9,15H,3-4,6-7H2,1-2H3;1,3-5,7H,6H2,(H,12,13);3H2,1-2H3. The normalized spacial score (nSPS) is 14.5. The summed E-state index contributed by atoms with van der Waals surface area (Å²) in [6, 6.07) is 6.28. The van der Waals surface area contributed by atoms with Gasteiger partial charge in [-0.3, -0.25) is 9.59 Å². The molecule has 1 aromatic carbocycles.